The van der Waals surface area contributed by atoms with Gasteiger partial charge in [0.05, 0.1) is 0 Å². The summed E-state index contributed by atoms with van der Waals surface area (Å²) in [5.41, 5.74) is 3.09. The predicted molar refractivity (Wildman–Crippen MR) is 95.9 cm³/mol. The lowest BCUT2D eigenvalue weighted by Crippen LogP contribution is -2.42. The van der Waals surface area contributed by atoms with Gasteiger partial charge in [-0.05, 0) is 19.4 Å². The summed E-state index contributed by atoms with van der Waals surface area (Å²) in [6, 6.07) is 0.746. The lowest BCUT2D eigenvalue weighted by atomic mass is 10.3. The number of unbranched alkanes of at least 4 members (excludes halogenated alkanes) is 1. The van der Waals surface area contributed by atoms with Crippen LogP contribution in [0, 0.1) is 0 Å². The Morgan fingerprint density at radius 3 is 2.54 bits per heavy atom. The number of nitrogen functional groups attached to an aromatic ring is 1. The lowest BCUT2D eigenvalue weighted by molar-refractivity contribution is -0.141. The van der Waals surface area contributed by atoms with E-state index < -0.39 is 35.6 Å². The summed E-state index contributed by atoms with van der Waals surface area (Å²) in [5.74, 6) is -0.869. The number of alkyl halides is 3. The summed E-state index contributed by atoms with van der Waals surface area (Å²) in [5, 5.41) is 3.32. The monoisotopic (exact) mass is 402 g/mol. The molecule has 0 fully saturated rings. The largest absolute Gasteiger partial charge is 0.435 e. The average molecular weight is 402 g/mol. The lowest BCUT2D eigenvalue weighted by Gasteiger charge is -2.23. The number of halogens is 3. The summed E-state index contributed by atoms with van der Waals surface area (Å²) < 4.78 is 39.9. The fraction of sp³-hybridized carbons (Fsp3) is 0.500. The number of amides is 1. The highest BCUT2D eigenvalue weighted by atomic mass is 19.4. The maximum Gasteiger partial charge on any atom is 0.435 e. The minimum atomic E-state index is -4.63. The Kier molecular flexibility index (Phi) is 6.31. The van der Waals surface area contributed by atoms with E-state index in [9.17, 15) is 27.6 Å². The summed E-state index contributed by atoms with van der Waals surface area (Å²) in [6.45, 7) is 3.23. The molecule has 28 heavy (non-hydrogen) atoms. The molecule has 2 rings (SSSR count). The van der Waals surface area contributed by atoms with Gasteiger partial charge < -0.3 is 10.6 Å². The van der Waals surface area contributed by atoms with Crippen LogP contribution in [-0.4, -0.2) is 31.8 Å². The number of likely N-dealkylation sites (N-methyl/N-ethyl adjacent to an activating group) is 1. The summed E-state index contributed by atoms with van der Waals surface area (Å²) in [6.07, 6.45) is -2.21. The van der Waals surface area contributed by atoms with E-state index in [1.165, 1.54) is 0 Å². The van der Waals surface area contributed by atoms with Crippen molar-refractivity contribution >= 4 is 17.4 Å². The second-order valence-electron chi connectivity index (χ2n) is 6.03. The Morgan fingerprint density at radius 1 is 1.32 bits per heavy atom. The molecule has 0 spiro atoms. The van der Waals surface area contributed by atoms with E-state index in [1.54, 1.807) is 6.92 Å². The van der Waals surface area contributed by atoms with Crippen molar-refractivity contribution in [3.63, 3.8) is 0 Å². The minimum absolute atomic E-state index is 0.0193. The van der Waals surface area contributed by atoms with Crippen LogP contribution >= 0.6 is 0 Å². The second kappa shape index (κ2) is 8.31. The van der Waals surface area contributed by atoms with Gasteiger partial charge in [0.1, 0.15) is 12.4 Å². The van der Waals surface area contributed by atoms with Crippen molar-refractivity contribution in [1.29, 1.82) is 0 Å². The summed E-state index contributed by atoms with van der Waals surface area (Å²) >= 11 is 0. The van der Waals surface area contributed by atoms with Gasteiger partial charge in [0.25, 0.3) is 5.56 Å². The highest BCUT2D eigenvalue weighted by molar-refractivity contribution is 5.95. The van der Waals surface area contributed by atoms with Crippen LogP contribution in [-0.2, 0) is 24.1 Å². The normalized spacial score (nSPS) is 11.6. The van der Waals surface area contributed by atoms with Crippen molar-refractivity contribution in [3.8, 4) is 0 Å². The third-order valence-corrected chi connectivity index (χ3v) is 4.06. The number of hydrogen-bond acceptors (Lipinski definition) is 5. The van der Waals surface area contributed by atoms with Crippen molar-refractivity contribution < 1.29 is 18.0 Å². The molecule has 0 aromatic carbocycles. The molecule has 0 unspecified atom stereocenters. The van der Waals surface area contributed by atoms with Crippen LogP contribution in [0.15, 0.2) is 21.9 Å². The quantitative estimate of drug-likeness (QED) is 0.721. The predicted octanol–water partition coefficient (Wildman–Crippen LogP) is 1.19. The molecule has 12 heteroatoms. The van der Waals surface area contributed by atoms with E-state index in [0.717, 1.165) is 32.8 Å². The van der Waals surface area contributed by atoms with Crippen LogP contribution in [0.4, 0.5) is 24.7 Å². The number of nitrogens with one attached hydrogen (secondary N) is 1. The first-order valence-electron chi connectivity index (χ1n) is 8.63. The molecule has 0 aliphatic heterocycles. The first-order valence-corrected chi connectivity index (χ1v) is 8.63. The van der Waals surface area contributed by atoms with Gasteiger partial charge in [0, 0.05) is 19.3 Å². The fourth-order valence-electron chi connectivity index (χ4n) is 2.66. The Bertz CT molecular complexity index is 960. The Morgan fingerprint density at radius 2 is 2.00 bits per heavy atom. The molecular formula is C16H21F3N6O3. The highest BCUT2D eigenvalue weighted by Gasteiger charge is 2.34. The fourth-order valence-corrected chi connectivity index (χ4v) is 2.66. The van der Waals surface area contributed by atoms with E-state index in [0.29, 0.717) is 6.42 Å². The van der Waals surface area contributed by atoms with Crippen LogP contribution < -0.4 is 21.9 Å². The van der Waals surface area contributed by atoms with Gasteiger partial charge in [0.15, 0.2) is 11.4 Å². The molecule has 0 atom stereocenters. The van der Waals surface area contributed by atoms with Crippen LogP contribution in [0.5, 0.6) is 0 Å². The van der Waals surface area contributed by atoms with E-state index in [2.05, 4.69) is 10.1 Å². The van der Waals surface area contributed by atoms with Crippen LogP contribution in [0.25, 0.3) is 0 Å². The van der Waals surface area contributed by atoms with Gasteiger partial charge in [-0.2, -0.15) is 18.3 Å². The number of aromatic amines is 1. The summed E-state index contributed by atoms with van der Waals surface area (Å²) in [4.78, 5) is 40.0. The maximum absolute atomic E-state index is 12.7. The summed E-state index contributed by atoms with van der Waals surface area (Å²) in [7, 11) is 0. The Labute approximate surface area is 157 Å². The number of anilines is 2. The van der Waals surface area contributed by atoms with Crippen molar-refractivity contribution in [1.82, 2.24) is 19.3 Å². The molecule has 3 N–H and O–H groups in total. The van der Waals surface area contributed by atoms with E-state index in [-0.39, 0.29) is 24.6 Å². The number of rotatable bonds is 7. The Hall–Kier alpha value is -3.05. The zero-order valence-corrected chi connectivity index (χ0v) is 15.4. The zero-order valence-electron chi connectivity index (χ0n) is 15.4. The molecule has 1 amide bonds. The SMILES string of the molecule is CCCCn1c(N)c(N(CC)C(=O)Cn2ccc(C(F)(F)F)n2)c(=O)[nH]c1=O. The second-order valence-corrected chi connectivity index (χ2v) is 6.03. The van der Waals surface area contributed by atoms with Gasteiger partial charge in [-0.25, -0.2) is 4.79 Å². The molecule has 154 valence electrons. The molecule has 2 aromatic heterocycles. The third kappa shape index (κ3) is 4.43. The molecule has 0 saturated carbocycles. The molecule has 0 bridgehead atoms. The third-order valence-electron chi connectivity index (χ3n) is 4.06. The van der Waals surface area contributed by atoms with Crippen LogP contribution in [0.2, 0.25) is 0 Å². The van der Waals surface area contributed by atoms with Gasteiger partial charge in [-0.1, -0.05) is 13.3 Å². The van der Waals surface area contributed by atoms with Crippen LogP contribution in [0.3, 0.4) is 0 Å². The van der Waals surface area contributed by atoms with Gasteiger partial charge in [-0.3, -0.25) is 23.8 Å². The molecule has 0 radical (unpaired) electrons. The number of carbonyl (C=O) groups excluding carboxylic acids is 1. The molecule has 2 aromatic rings. The number of hydrogen-bond donors (Lipinski definition) is 2. The minimum Gasteiger partial charge on any atom is -0.383 e. The molecule has 9 nitrogen and oxygen atoms in total. The zero-order chi connectivity index (χ0) is 21.1. The molecule has 0 aliphatic carbocycles. The van der Waals surface area contributed by atoms with Crippen molar-refractivity contribution in [2.45, 2.75) is 46.0 Å². The smallest absolute Gasteiger partial charge is 0.383 e. The van der Waals surface area contributed by atoms with Crippen LogP contribution in [0.1, 0.15) is 32.4 Å². The number of aromatic nitrogens is 4. The first kappa shape index (κ1) is 21.3. The molecule has 0 saturated heterocycles. The molecule has 2 heterocycles. The number of nitrogens with two attached hydrogens (primary N) is 1. The Balaban J connectivity index is 2.36. The standard InChI is InChI=1S/C16H21F3N6O3/c1-3-5-7-25-13(20)12(14(27)21-15(25)28)24(4-2)11(26)9-23-8-6-10(22-23)16(17,18)19/h6,8H,3-5,7,9,20H2,1-2H3,(H,21,27,28). The first-order chi connectivity index (χ1) is 13.1. The highest BCUT2D eigenvalue weighted by Crippen LogP contribution is 2.27. The van der Waals surface area contributed by atoms with E-state index >= 15 is 0 Å². The van der Waals surface area contributed by atoms with Crippen molar-refractivity contribution in [3.05, 3.63) is 38.8 Å². The number of H-pyrrole nitrogens is 1. The number of nitrogens with zero attached hydrogens (tertiary/aromatic N) is 4. The van der Waals surface area contributed by atoms with E-state index in [4.69, 9.17) is 5.73 Å². The number of carbonyl (C=O) groups is 1. The average Bonchev–Trinajstić information content (AvgIpc) is 3.07. The van der Waals surface area contributed by atoms with Crippen molar-refractivity contribution in [2.75, 3.05) is 17.2 Å². The molecular weight excluding hydrogens is 381 g/mol. The molecule has 0 aliphatic rings. The topological polar surface area (TPSA) is 119 Å². The van der Waals surface area contributed by atoms with Crippen molar-refractivity contribution in [2.24, 2.45) is 0 Å². The van der Waals surface area contributed by atoms with E-state index in [1.807, 2.05) is 6.92 Å². The van der Waals surface area contributed by atoms with Gasteiger partial charge in [0.2, 0.25) is 5.91 Å². The maximum atomic E-state index is 12.7. The van der Waals surface area contributed by atoms with Gasteiger partial charge in [-0.15, -0.1) is 0 Å². The van der Waals surface area contributed by atoms with Gasteiger partial charge >= 0.3 is 11.9 Å².